The van der Waals surface area contributed by atoms with Crippen molar-refractivity contribution in [2.24, 2.45) is 11.5 Å². The number of carbonyl (C=O) groups excluding carboxylic acids is 4. The molecule has 8 N–H and O–H groups in total. The van der Waals surface area contributed by atoms with Crippen LogP contribution in [-0.4, -0.2) is 88.3 Å². The van der Waals surface area contributed by atoms with Crippen molar-refractivity contribution in [1.82, 2.24) is 31.1 Å². The van der Waals surface area contributed by atoms with E-state index in [1.165, 1.54) is 0 Å². The Morgan fingerprint density at radius 1 is 0.520 bits per heavy atom. The standard InChI is InChI=1S/C20H8Cl4.C12H27N5O2.C2H5N3O2/c21-11-5-1-9-2-6-12(22)18-15(9)17(11)19-13(23)7-3-10-4-8-14(24)20(18)16(10)19;1-16(2)9-5-7-13-11(18)15-12(19)14-8-6-10-17(3)4;3-1(6)5-2(4)7/h1-8H;5-10H2,1-4H3,(H3,13,14,15,18,19);(H5,3,4,5,6,7). The largest absolute Gasteiger partial charge is 0.351 e. The molecule has 5 rings (SSSR count). The molecule has 0 unspecified atom stereocenters. The molecule has 0 aromatic heterocycles. The predicted octanol–water partition coefficient (Wildman–Crippen LogP) is 6.98. The van der Waals surface area contributed by atoms with Gasteiger partial charge in [0, 0.05) is 65.5 Å². The Kier molecular flexibility index (Phi) is 15.2. The number of primary amides is 2. The number of amides is 8. The first-order valence-electron chi connectivity index (χ1n) is 15.4. The molecule has 0 aliphatic rings. The summed E-state index contributed by atoms with van der Waals surface area (Å²) in [4.78, 5) is 46.0. The SMILES string of the molecule is CN(C)CCCNC(=O)NC(=O)NCCCN(C)C.Clc1ccc2ccc(Cl)c3c4c(Cl)ccc5ccc(Cl)c(c1c23)c54.NC(=O)NC(N)=O. The maximum atomic E-state index is 11.3. The number of urea groups is 4. The van der Waals surface area contributed by atoms with E-state index in [4.69, 9.17) is 46.4 Å². The van der Waals surface area contributed by atoms with Gasteiger partial charge in [-0.15, -0.1) is 0 Å². The van der Waals surface area contributed by atoms with E-state index in [1.54, 1.807) is 5.32 Å². The predicted molar refractivity (Wildman–Crippen MR) is 206 cm³/mol. The summed E-state index contributed by atoms with van der Waals surface area (Å²) >= 11 is 26.4. The normalized spacial score (nSPS) is 10.9. The third kappa shape index (κ3) is 11.0. The summed E-state index contributed by atoms with van der Waals surface area (Å²) in [6.45, 7) is 2.91. The zero-order chi connectivity index (χ0) is 37.1. The molecule has 0 aliphatic heterocycles. The van der Waals surface area contributed by atoms with Crippen LogP contribution < -0.4 is 32.7 Å². The zero-order valence-corrected chi connectivity index (χ0v) is 31.1. The van der Waals surface area contributed by atoms with Crippen molar-refractivity contribution in [3.8, 4) is 0 Å². The quantitative estimate of drug-likeness (QED) is 0.0564. The average Bonchev–Trinajstić information content (AvgIpc) is 3.03. The fourth-order valence-corrected chi connectivity index (χ4v) is 6.23. The maximum Gasteiger partial charge on any atom is 0.322 e. The Hall–Kier alpha value is -4.04. The van der Waals surface area contributed by atoms with Crippen LogP contribution in [0.5, 0.6) is 0 Å². The van der Waals surface area contributed by atoms with E-state index in [2.05, 4.69) is 27.4 Å². The van der Waals surface area contributed by atoms with E-state index in [0.29, 0.717) is 33.2 Å². The van der Waals surface area contributed by atoms with Crippen molar-refractivity contribution < 1.29 is 19.2 Å². The molecule has 0 fully saturated rings. The summed E-state index contributed by atoms with van der Waals surface area (Å²) in [6, 6.07) is 12.8. The smallest absolute Gasteiger partial charge is 0.322 e. The number of nitrogens with one attached hydrogen (secondary N) is 4. The van der Waals surface area contributed by atoms with Crippen LogP contribution in [0.15, 0.2) is 48.5 Å². The van der Waals surface area contributed by atoms with Gasteiger partial charge in [0.25, 0.3) is 0 Å². The summed E-state index contributed by atoms with van der Waals surface area (Å²) in [7, 11) is 7.89. The van der Waals surface area contributed by atoms with Gasteiger partial charge in [-0.25, -0.2) is 19.2 Å². The van der Waals surface area contributed by atoms with Crippen LogP contribution in [0.2, 0.25) is 20.1 Å². The number of rotatable bonds is 8. The minimum atomic E-state index is -0.938. The Balaban J connectivity index is 0.000000234. The van der Waals surface area contributed by atoms with Crippen LogP contribution in [0.3, 0.4) is 0 Å². The van der Waals surface area contributed by atoms with E-state index in [-0.39, 0.29) is 0 Å². The van der Waals surface area contributed by atoms with Gasteiger partial charge in [0.05, 0.1) is 0 Å². The second kappa shape index (κ2) is 18.8. The number of nitrogens with two attached hydrogens (primary N) is 2. The van der Waals surface area contributed by atoms with Gasteiger partial charge in [-0.05, 0) is 89.2 Å². The lowest BCUT2D eigenvalue weighted by Gasteiger charge is -2.18. The molecule has 0 saturated heterocycles. The molecule has 5 aromatic carbocycles. The van der Waals surface area contributed by atoms with Gasteiger partial charge < -0.3 is 31.9 Å². The van der Waals surface area contributed by atoms with Crippen LogP contribution in [0.25, 0.3) is 43.1 Å². The fourth-order valence-electron chi connectivity index (χ4n) is 5.22. The Morgan fingerprint density at radius 3 is 1.06 bits per heavy atom. The third-order valence-electron chi connectivity index (χ3n) is 7.28. The number of hydrogen-bond acceptors (Lipinski definition) is 6. The van der Waals surface area contributed by atoms with Gasteiger partial charge in [0.2, 0.25) is 0 Å². The maximum absolute atomic E-state index is 11.3. The van der Waals surface area contributed by atoms with Gasteiger partial charge in [-0.2, -0.15) is 0 Å². The Morgan fingerprint density at radius 2 is 0.820 bits per heavy atom. The molecule has 16 heteroatoms. The third-order valence-corrected chi connectivity index (χ3v) is 8.54. The van der Waals surface area contributed by atoms with Crippen LogP contribution in [-0.2, 0) is 0 Å². The Bertz CT molecular complexity index is 1760. The van der Waals surface area contributed by atoms with Crippen LogP contribution in [0.4, 0.5) is 19.2 Å². The summed E-state index contributed by atoms with van der Waals surface area (Å²) in [6.07, 6.45) is 1.70. The molecule has 0 radical (unpaired) electrons. The van der Waals surface area contributed by atoms with E-state index in [1.807, 2.05) is 86.5 Å². The summed E-state index contributed by atoms with van der Waals surface area (Å²) in [5, 5.41) is 19.6. The van der Waals surface area contributed by atoms with Crippen LogP contribution in [0.1, 0.15) is 12.8 Å². The molecule has 0 spiro atoms. The summed E-state index contributed by atoms with van der Waals surface area (Å²) in [5.74, 6) is 0. The summed E-state index contributed by atoms with van der Waals surface area (Å²) < 4.78 is 0. The lowest BCUT2D eigenvalue weighted by molar-refractivity contribution is 0.226. The highest BCUT2D eigenvalue weighted by atomic mass is 35.5. The number of carbonyl (C=O) groups is 4. The van der Waals surface area contributed by atoms with Crippen molar-refractivity contribution in [3.05, 3.63) is 68.6 Å². The van der Waals surface area contributed by atoms with Crippen molar-refractivity contribution in [3.63, 3.8) is 0 Å². The number of imide groups is 2. The Labute approximate surface area is 310 Å². The molecule has 0 heterocycles. The number of fused-ring (bicyclic) bond motifs is 2. The van der Waals surface area contributed by atoms with Gasteiger partial charge in [-0.3, -0.25) is 10.6 Å². The molecular weight excluding hydrogens is 726 g/mol. The molecule has 0 bridgehead atoms. The van der Waals surface area contributed by atoms with Crippen molar-refractivity contribution in [2.75, 3.05) is 54.4 Å². The average molecular weight is 767 g/mol. The van der Waals surface area contributed by atoms with Gasteiger partial charge in [0.15, 0.2) is 0 Å². The molecule has 8 amide bonds. The van der Waals surface area contributed by atoms with Crippen molar-refractivity contribution in [1.29, 1.82) is 0 Å². The lowest BCUT2D eigenvalue weighted by atomic mass is 9.89. The molecule has 5 aromatic rings. The first-order valence-corrected chi connectivity index (χ1v) is 16.9. The number of benzene rings is 5. The van der Waals surface area contributed by atoms with E-state index < -0.39 is 24.1 Å². The molecule has 0 saturated carbocycles. The first-order chi connectivity index (χ1) is 23.6. The van der Waals surface area contributed by atoms with Crippen molar-refractivity contribution >= 4 is 114 Å². The zero-order valence-electron chi connectivity index (χ0n) is 28.1. The molecule has 0 aliphatic carbocycles. The highest BCUT2D eigenvalue weighted by Gasteiger charge is 2.20. The molecule has 12 nitrogen and oxygen atoms in total. The second-order valence-corrected chi connectivity index (χ2v) is 13.3. The molecular formula is C34H40Cl4N8O4. The highest BCUT2D eigenvalue weighted by molar-refractivity contribution is 6.53. The highest BCUT2D eigenvalue weighted by Crippen LogP contribution is 2.49. The number of halogens is 4. The van der Waals surface area contributed by atoms with Crippen LogP contribution in [0, 0.1) is 0 Å². The van der Waals surface area contributed by atoms with E-state index >= 15 is 0 Å². The topological polar surface area (TPSA) is 175 Å². The lowest BCUT2D eigenvalue weighted by Crippen LogP contribution is -2.45. The van der Waals surface area contributed by atoms with Gasteiger partial charge in [0.1, 0.15) is 0 Å². The van der Waals surface area contributed by atoms with E-state index in [0.717, 1.165) is 69.0 Å². The van der Waals surface area contributed by atoms with Gasteiger partial charge in [-0.1, -0.05) is 70.7 Å². The van der Waals surface area contributed by atoms with Gasteiger partial charge >= 0.3 is 24.1 Å². The molecule has 0 atom stereocenters. The summed E-state index contributed by atoms with van der Waals surface area (Å²) in [5.41, 5.74) is 8.88. The fraction of sp³-hybridized carbons (Fsp3) is 0.294. The minimum Gasteiger partial charge on any atom is -0.351 e. The number of nitrogens with zero attached hydrogens (tertiary/aromatic N) is 2. The van der Waals surface area contributed by atoms with Crippen molar-refractivity contribution in [2.45, 2.75) is 12.8 Å². The van der Waals surface area contributed by atoms with E-state index in [9.17, 15) is 19.2 Å². The monoisotopic (exact) mass is 764 g/mol. The first kappa shape index (κ1) is 40.4. The molecule has 50 heavy (non-hydrogen) atoms. The second-order valence-electron chi connectivity index (χ2n) is 11.7. The molecule has 268 valence electrons. The number of hydrogen-bond donors (Lipinski definition) is 6. The van der Waals surface area contributed by atoms with Crippen LogP contribution >= 0.6 is 46.4 Å². The minimum absolute atomic E-state index is 0.455.